The third kappa shape index (κ3) is 2.63. The number of likely N-dealkylation sites (N-methyl/N-ethyl adjacent to an activating group) is 1. The lowest BCUT2D eigenvalue weighted by Crippen LogP contribution is -2.61. The fourth-order valence-corrected chi connectivity index (χ4v) is 1.69. The summed E-state index contributed by atoms with van der Waals surface area (Å²) in [5.41, 5.74) is 0. The molecule has 0 bridgehead atoms. The van der Waals surface area contributed by atoms with Crippen molar-refractivity contribution >= 4 is 11.9 Å². The van der Waals surface area contributed by atoms with E-state index in [9.17, 15) is 9.59 Å². The molecule has 0 radical (unpaired) electrons. The summed E-state index contributed by atoms with van der Waals surface area (Å²) >= 11 is 0. The molecule has 1 aliphatic heterocycles. The topological polar surface area (TPSA) is 64.7 Å². The molecule has 6 heteroatoms. The molecule has 1 saturated heterocycles. The van der Waals surface area contributed by atoms with E-state index < -0.39 is 6.04 Å². The highest BCUT2D eigenvalue weighted by molar-refractivity contribution is 5.87. The Hall–Kier alpha value is -1.30. The third-order valence-electron chi connectivity index (χ3n) is 2.84. The van der Waals surface area contributed by atoms with E-state index in [2.05, 4.69) is 10.6 Å². The summed E-state index contributed by atoms with van der Waals surface area (Å²) in [5, 5.41) is 5.70. The maximum atomic E-state index is 12.0. The molecule has 1 unspecified atom stereocenters. The molecule has 92 valence electrons. The van der Waals surface area contributed by atoms with E-state index in [0.717, 1.165) is 6.54 Å². The van der Waals surface area contributed by atoms with Crippen LogP contribution >= 0.6 is 0 Å². The van der Waals surface area contributed by atoms with Gasteiger partial charge in [-0.25, -0.2) is 4.79 Å². The highest BCUT2D eigenvalue weighted by atomic mass is 16.2. The largest absolute Gasteiger partial charge is 0.357 e. The zero-order chi connectivity index (χ0) is 12.1. The molecule has 16 heavy (non-hydrogen) atoms. The van der Waals surface area contributed by atoms with E-state index in [1.54, 1.807) is 23.9 Å². The first-order chi connectivity index (χ1) is 7.61. The zero-order valence-corrected chi connectivity index (χ0v) is 10.1. The molecule has 1 heterocycles. The van der Waals surface area contributed by atoms with Crippen LogP contribution in [-0.2, 0) is 4.79 Å². The van der Waals surface area contributed by atoms with Gasteiger partial charge in [0, 0.05) is 40.3 Å². The number of nitrogens with zero attached hydrogens (tertiary/aromatic N) is 2. The highest BCUT2D eigenvalue weighted by Gasteiger charge is 2.32. The van der Waals surface area contributed by atoms with Crippen molar-refractivity contribution in [3.05, 3.63) is 0 Å². The number of nitrogens with one attached hydrogen (secondary N) is 2. The number of hydrogen-bond acceptors (Lipinski definition) is 3. The van der Waals surface area contributed by atoms with Crippen LogP contribution < -0.4 is 10.6 Å². The molecule has 0 aromatic heterocycles. The average molecular weight is 228 g/mol. The third-order valence-corrected chi connectivity index (χ3v) is 2.84. The Bertz CT molecular complexity index is 270. The van der Waals surface area contributed by atoms with Gasteiger partial charge in [0.25, 0.3) is 0 Å². The van der Waals surface area contributed by atoms with Gasteiger partial charge in [-0.05, 0) is 6.92 Å². The summed E-state index contributed by atoms with van der Waals surface area (Å²) < 4.78 is 0. The molecule has 0 aromatic rings. The van der Waals surface area contributed by atoms with Gasteiger partial charge >= 0.3 is 6.03 Å². The fourth-order valence-electron chi connectivity index (χ4n) is 1.69. The lowest BCUT2D eigenvalue weighted by atomic mass is 10.2. The number of rotatable bonds is 2. The van der Waals surface area contributed by atoms with E-state index in [1.807, 2.05) is 6.92 Å². The second-order valence-electron chi connectivity index (χ2n) is 3.82. The van der Waals surface area contributed by atoms with Crippen molar-refractivity contribution in [2.75, 3.05) is 40.3 Å². The Labute approximate surface area is 96.0 Å². The zero-order valence-electron chi connectivity index (χ0n) is 10.1. The standard InChI is InChI=1S/C10H20N4O2/c1-4-13(3)10(16)14-6-5-12-7-8(14)9(15)11-2/h8,12H,4-7H2,1-3H3,(H,11,15). The van der Waals surface area contributed by atoms with Gasteiger partial charge in [-0.2, -0.15) is 0 Å². The van der Waals surface area contributed by atoms with Crippen molar-refractivity contribution in [3.8, 4) is 0 Å². The van der Waals surface area contributed by atoms with Crippen LogP contribution in [0.25, 0.3) is 0 Å². The van der Waals surface area contributed by atoms with E-state index in [0.29, 0.717) is 19.6 Å². The smallest absolute Gasteiger partial charge is 0.320 e. The molecule has 6 nitrogen and oxygen atoms in total. The molecule has 1 atom stereocenters. The van der Waals surface area contributed by atoms with Gasteiger partial charge < -0.3 is 20.4 Å². The van der Waals surface area contributed by atoms with Crippen LogP contribution in [0.5, 0.6) is 0 Å². The van der Waals surface area contributed by atoms with Crippen LogP contribution in [0.3, 0.4) is 0 Å². The minimum Gasteiger partial charge on any atom is -0.357 e. The second-order valence-corrected chi connectivity index (χ2v) is 3.82. The minimum atomic E-state index is -0.403. The minimum absolute atomic E-state index is 0.0856. The first-order valence-corrected chi connectivity index (χ1v) is 5.55. The van der Waals surface area contributed by atoms with Gasteiger partial charge in [-0.1, -0.05) is 0 Å². The lowest BCUT2D eigenvalue weighted by molar-refractivity contribution is -0.125. The Kier molecular flexibility index (Phi) is 4.54. The maximum absolute atomic E-state index is 12.0. The molecule has 0 spiro atoms. The molecular weight excluding hydrogens is 208 g/mol. The predicted molar refractivity (Wildman–Crippen MR) is 61.1 cm³/mol. The number of amides is 3. The summed E-state index contributed by atoms with van der Waals surface area (Å²) in [6.07, 6.45) is 0. The van der Waals surface area contributed by atoms with E-state index in [-0.39, 0.29) is 11.9 Å². The molecule has 2 N–H and O–H groups in total. The number of carbonyl (C=O) groups is 2. The van der Waals surface area contributed by atoms with Gasteiger partial charge in [0.05, 0.1) is 0 Å². The molecule has 1 fully saturated rings. The Morgan fingerprint density at radius 2 is 2.25 bits per heavy atom. The number of carbonyl (C=O) groups excluding carboxylic acids is 2. The average Bonchev–Trinajstić information content (AvgIpc) is 2.35. The van der Waals surface area contributed by atoms with E-state index in [4.69, 9.17) is 0 Å². The SMILES string of the molecule is CCN(C)C(=O)N1CCNCC1C(=O)NC. The second kappa shape index (κ2) is 5.69. The first kappa shape index (κ1) is 12.8. The Balaban J connectivity index is 2.73. The summed E-state index contributed by atoms with van der Waals surface area (Å²) in [6.45, 7) is 4.37. The van der Waals surface area contributed by atoms with Crippen molar-refractivity contribution in [2.24, 2.45) is 0 Å². The van der Waals surface area contributed by atoms with Gasteiger partial charge in [0.2, 0.25) is 5.91 Å². The summed E-state index contributed by atoms with van der Waals surface area (Å²) in [5.74, 6) is -0.120. The molecular formula is C10H20N4O2. The summed E-state index contributed by atoms with van der Waals surface area (Å²) in [6, 6.07) is -0.488. The fraction of sp³-hybridized carbons (Fsp3) is 0.800. The van der Waals surface area contributed by atoms with Crippen molar-refractivity contribution < 1.29 is 9.59 Å². The van der Waals surface area contributed by atoms with E-state index in [1.165, 1.54) is 0 Å². The molecule has 3 amide bonds. The maximum Gasteiger partial charge on any atom is 0.320 e. The van der Waals surface area contributed by atoms with Crippen molar-refractivity contribution in [1.29, 1.82) is 0 Å². The normalized spacial score (nSPS) is 20.4. The van der Waals surface area contributed by atoms with Crippen LogP contribution in [0.15, 0.2) is 0 Å². The van der Waals surface area contributed by atoms with Crippen LogP contribution in [0, 0.1) is 0 Å². The first-order valence-electron chi connectivity index (χ1n) is 5.55. The van der Waals surface area contributed by atoms with Crippen LogP contribution in [-0.4, -0.2) is 68.1 Å². The van der Waals surface area contributed by atoms with Crippen LogP contribution in [0.2, 0.25) is 0 Å². The lowest BCUT2D eigenvalue weighted by Gasteiger charge is -2.37. The molecule has 0 aliphatic carbocycles. The molecule has 1 aliphatic rings. The van der Waals surface area contributed by atoms with Gasteiger partial charge in [-0.15, -0.1) is 0 Å². The van der Waals surface area contributed by atoms with Crippen molar-refractivity contribution in [3.63, 3.8) is 0 Å². The quantitative estimate of drug-likeness (QED) is 0.642. The number of urea groups is 1. The Morgan fingerprint density at radius 3 is 2.81 bits per heavy atom. The number of piperazine rings is 1. The van der Waals surface area contributed by atoms with Gasteiger partial charge in [0.1, 0.15) is 6.04 Å². The molecule has 0 saturated carbocycles. The molecule has 0 aromatic carbocycles. The van der Waals surface area contributed by atoms with Crippen molar-refractivity contribution in [2.45, 2.75) is 13.0 Å². The Morgan fingerprint density at radius 1 is 1.56 bits per heavy atom. The summed E-state index contributed by atoms with van der Waals surface area (Å²) in [4.78, 5) is 26.9. The molecule has 1 rings (SSSR count). The van der Waals surface area contributed by atoms with Crippen LogP contribution in [0.4, 0.5) is 4.79 Å². The predicted octanol–water partition coefficient (Wildman–Crippen LogP) is -0.922. The summed E-state index contributed by atoms with van der Waals surface area (Å²) in [7, 11) is 3.33. The number of hydrogen-bond donors (Lipinski definition) is 2. The van der Waals surface area contributed by atoms with Gasteiger partial charge in [-0.3, -0.25) is 4.79 Å². The van der Waals surface area contributed by atoms with E-state index >= 15 is 0 Å². The monoisotopic (exact) mass is 228 g/mol. The highest BCUT2D eigenvalue weighted by Crippen LogP contribution is 2.07. The van der Waals surface area contributed by atoms with Crippen molar-refractivity contribution in [1.82, 2.24) is 20.4 Å². The van der Waals surface area contributed by atoms with Gasteiger partial charge in [0.15, 0.2) is 0 Å². The van der Waals surface area contributed by atoms with Crippen LogP contribution in [0.1, 0.15) is 6.92 Å².